The van der Waals surface area contributed by atoms with E-state index in [1.165, 1.54) is 25.7 Å². The molecule has 1 aliphatic carbocycles. The number of nitrogens with zero attached hydrogens (tertiary/aromatic N) is 1. The Balaban J connectivity index is 1.92. The molecule has 2 aliphatic rings. The normalized spacial score (nSPS) is 26.2. The summed E-state index contributed by atoms with van der Waals surface area (Å²) in [5.41, 5.74) is -0.413. The summed E-state index contributed by atoms with van der Waals surface area (Å²) in [5, 5.41) is 9.45. The Morgan fingerprint density at radius 2 is 1.88 bits per heavy atom. The zero-order valence-electron chi connectivity index (χ0n) is 11.0. The van der Waals surface area contributed by atoms with Crippen LogP contribution in [0.15, 0.2) is 0 Å². The molecule has 1 N–H and O–H groups in total. The Hall–Kier alpha value is -0.570. The highest BCUT2D eigenvalue weighted by atomic mass is 16.4. The van der Waals surface area contributed by atoms with Gasteiger partial charge in [0.25, 0.3) is 0 Å². The SMILES string of the molecule is CCCC1(C(=O)O)CCN(C2CCCC2)CC1. The van der Waals surface area contributed by atoms with E-state index in [1.54, 1.807) is 0 Å². The maximum Gasteiger partial charge on any atom is 0.309 e. The van der Waals surface area contributed by atoms with Gasteiger partial charge in [0.05, 0.1) is 5.41 Å². The van der Waals surface area contributed by atoms with Crippen LogP contribution in [0, 0.1) is 5.41 Å². The highest BCUT2D eigenvalue weighted by molar-refractivity contribution is 5.74. The summed E-state index contributed by atoms with van der Waals surface area (Å²) in [7, 11) is 0. The van der Waals surface area contributed by atoms with E-state index in [2.05, 4.69) is 11.8 Å². The van der Waals surface area contributed by atoms with Gasteiger partial charge in [0.2, 0.25) is 0 Å². The first-order valence-electron chi connectivity index (χ1n) is 7.15. The molecule has 0 amide bonds. The molecule has 0 aromatic rings. The molecule has 0 aromatic heterocycles. The quantitative estimate of drug-likeness (QED) is 0.820. The number of carboxylic acids is 1. The van der Waals surface area contributed by atoms with Gasteiger partial charge in [-0.25, -0.2) is 0 Å². The fourth-order valence-electron chi connectivity index (χ4n) is 3.64. The first-order chi connectivity index (χ1) is 8.18. The van der Waals surface area contributed by atoms with Crippen LogP contribution in [0.3, 0.4) is 0 Å². The van der Waals surface area contributed by atoms with E-state index in [4.69, 9.17) is 0 Å². The van der Waals surface area contributed by atoms with Crippen molar-refractivity contribution in [1.82, 2.24) is 4.90 Å². The summed E-state index contributed by atoms with van der Waals surface area (Å²) in [6.07, 6.45) is 8.91. The fraction of sp³-hybridized carbons (Fsp3) is 0.929. The van der Waals surface area contributed by atoms with Gasteiger partial charge in [-0.05, 0) is 45.2 Å². The number of likely N-dealkylation sites (tertiary alicyclic amines) is 1. The van der Waals surface area contributed by atoms with Crippen LogP contribution in [0.4, 0.5) is 0 Å². The zero-order chi connectivity index (χ0) is 12.3. The van der Waals surface area contributed by atoms with Crippen LogP contribution < -0.4 is 0 Å². The molecule has 0 radical (unpaired) electrons. The third-order valence-electron chi connectivity index (χ3n) is 4.78. The van der Waals surface area contributed by atoms with Gasteiger partial charge in [-0.15, -0.1) is 0 Å². The smallest absolute Gasteiger partial charge is 0.309 e. The van der Waals surface area contributed by atoms with Gasteiger partial charge in [-0.3, -0.25) is 4.79 Å². The number of hydrogen-bond acceptors (Lipinski definition) is 2. The van der Waals surface area contributed by atoms with Crippen molar-refractivity contribution in [2.24, 2.45) is 5.41 Å². The van der Waals surface area contributed by atoms with Crippen molar-refractivity contribution in [2.75, 3.05) is 13.1 Å². The average Bonchev–Trinajstić information content (AvgIpc) is 2.83. The molecule has 0 spiro atoms. The Bertz CT molecular complexity index is 263. The maximum absolute atomic E-state index is 11.5. The summed E-state index contributed by atoms with van der Waals surface area (Å²) in [5.74, 6) is -0.564. The topological polar surface area (TPSA) is 40.5 Å². The highest BCUT2D eigenvalue weighted by Gasteiger charge is 2.41. The van der Waals surface area contributed by atoms with Gasteiger partial charge >= 0.3 is 5.97 Å². The minimum absolute atomic E-state index is 0.413. The van der Waals surface area contributed by atoms with E-state index >= 15 is 0 Å². The van der Waals surface area contributed by atoms with Crippen LogP contribution >= 0.6 is 0 Å². The van der Waals surface area contributed by atoms with Gasteiger partial charge in [0.1, 0.15) is 0 Å². The number of hydrogen-bond donors (Lipinski definition) is 1. The molecule has 2 rings (SSSR count). The predicted molar refractivity (Wildman–Crippen MR) is 68.0 cm³/mol. The molecule has 3 heteroatoms. The average molecular weight is 239 g/mol. The Kier molecular flexibility index (Phi) is 4.08. The molecule has 2 fully saturated rings. The van der Waals surface area contributed by atoms with Crippen LogP contribution in [0.2, 0.25) is 0 Å². The summed E-state index contributed by atoms with van der Waals surface area (Å²) in [4.78, 5) is 14.0. The monoisotopic (exact) mass is 239 g/mol. The largest absolute Gasteiger partial charge is 0.481 e. The van der Waals surface area contributed by atoms with E-state index < -0.39 is 11.4 Å². The first-order valence-corrected chi connectivity index (χ1v) is 7.15. The van der Waals surface area contributed by atoms with E-state index in [0.717, 1.165) is 44.8 Å². The maximum atomic E-state index is 11.5. The van der Waals surface area contributed by atoms with Crippen molar-refractivity contribution >= 4 is 5.97 Å². The lowest BCUT2D eigenvalue weighted by Gasteiger charge is -2.41. The van der Waals surface area contributed by atoms with Crippen LogP contribution in [-0.2, 0) is 4.79 Å². The van der Waals surface area contributed by atoms with Crippen LogP contribution in [0.25, 0.3) is 0 Å². The van der Waals surface area contributed by atoms with Gasteiger partial charge in [-0.2, -0.15) is 0 Å². The Morgan fingerprint density at radius 1 is 1.29 bits per heavy atom. The van der Waals surface area contributed by atoms with Crippen molar-refractivity contribution in [3.05, 3.63) is 0 Å². The van der Waals surface area contributed by atoms with Gasteiger partial charge in [0.15, 0.2) is 0 Å². The van der Waals surface area contributed by atoms with Crippen molar-refractivity contribution < 1.29 is 9.90 Å². The molecular weight excluding hydrogens is 214 g/mol. The minimum Gasteiger partial charge on any atom is -0.481 e. The van der Waals surface area contributed by atoms with Crippen LogP contribution in [0.5, 0.6) is 0 Å². The second kappa shape index (κ2) is 5.38. The molecule has 0 aromatic carbocycles. The molecule has 98 valence electrons. The van der Waals surface area contributed by atoms with Crippen molar-refractivity contribution in [3.63, 3.8) is 0 Å². The number of piperidine rings is 1. The number of carbonyl (C=O) groups is 1. The summed E-state index contributed by atoms with van der Waals surface area (Å²) >= 11 is 0. The number of carboxylic acid groups (broad SMARTS) is 1. The van der Waals surface area contributed by atoms with Gasteiger partial charge < -0.3 is 10.0 Å². The van der Waals surface area contributed by atoms with Gasteiger partial charge in [0, 0.05) is 6.04 Å². The van der Waals surface area contributed by atoms with Gasteiger partial charge in [-0.1, -0.05) is 26.2 Å². The molecule has 1 heterocycles. The fourth-order valence-corrected chi connectivity index (χ4v) is 3.64. The summed E-state index contributed by atoms with van der Waals surface area (Å²) in [6.45, 7) is 4.09. The molecule has 1 saturated heterocycles. The molecule has 0 unspecified atom stereocenters. The number of rotatable bonds is 4. The lowest BCUT2D eigenvalue weighted by atomic mass is 9.74. The molecule has 3 nitrogen and oxygen atoms in total. The van der Waals surface area contributed by atoms with E-state index in [-0.39, 0.29) is 0 Å². The minimum atomic E-state index is -0.564. The molecular formula is C14H25NO2. The molecule has 0 bridgehead atoms. The summed E-state index contributed by atoms with van der Waals surface area (Å²) < 4.78 is 0. The molecule has 17 heavy (non-hydrogen) atoms. The van der Waals surface area contributed by atoms with Crippen molar-refractivity contribution in [1.29, 1.82) is 0 Å². The first kappa shape index (κ1) is 12.9. The molecule has 0 atom stereocenters. The van der Waals surface area contributed by atoms with Crippen LogP contribution in [-0.4, -0.2) is 35.1 Å². The van der Waals surface area contributed by atoms with E-state index in [0.29, 0.717) is 0 Å². The zero-order valence-corrected chi connectivity index (χ0v) is 11.0. The second-order valence-electron chi connectivity index (χ2n) is 5.81. The van der Waals surface area contributed by atoms with E-state index in [9.17, 15) is 9.90 Å². The van der Waals surface area contributed by atoms with Crippen LogP contribution in [0.1, 0.15) is 58.3 Å². The highest BCUT2D eigenvalue weighted by Crippen LogP contribution is 2.38. The lowest BCUT2D eigenvalue weighted by molar-refractivity contribution is -0.153. The summed E-state index contributed by atoms with van der Waals surface area (Å²) in [6, 6.07) is 0.753. The standard InChI is InChI=1S/C14H25NO2/c1-2-7-14(13(16)17)8-10-15(11-9-14)12-5-3-4-6-12/h12H,2-11H2,1H3,(H,16,17). The third kappa shape index (κ3) is 2.65. The Morgan fingerprint density at radius 3 is 2.35 bits per heavy atom. The Labute approximate surface area is 104 Å². The lowest BCUT2D eigenvalue weighted by Crippen LogP contribution is -2.47. The van der Waals surface area contributed by atoms with E-state index in [1.807, 2.05) is 0 Å². The van der Waals surface area contributed by atoms with Crippen molar-refractivity contribution in [3.8, 4) is 0 Å². The molecule has 1 aliphatic heterocycles. The molecule has 1 saturated carbocycles. The predicted octanol–water partition coefficient (Wildman–Crippen LogP) is 2.90. The number of aliphatic carboxylic acids is 1. The van der Waals surface area contributed by atoms with Crippen molar-refractivity contribution in [2.45, 2.75) is 64.3 Å². The third-order valence-corrected chi connectivity index (χ3v) is 4.78. The second-order valence-corrected chi connectivity index (χ2v) is 5.81.